The van der Waals surface area contributed by atoms with Crippen molar-refractivity contribution >= 4 is 11.6 Å². The van der Waals surface area contributed by atoms with Crippen LogP contribution in [0.25, 0.3) is 0 Å². The first-order chi connectivity index (χ1) is 10.5. The fraction of sp³-hybridized carbons (Fsp3) is 0.588. The number of aliphatic hydroxyl groups is 1. The smallest absolute Gasteiger partial charge is 0.265 e. The monoisotopic (exact) mass is 306 g/mol. The summed E-state index contributed by atoms with van der Waals surface area (Å²) in [5, 5.41) is 13.3. The van der Waals surface area contributed by atoms with E-state index in [-0.39, 0.29) is 5.91 Å². The van der Waals surface area contributed by atoms with Gasteiger partial charge in [0.1, 0.15) is 5.75 Å². The normalized spacial score (nSPS) is 18.6. The average molecular weight is 306 g/mol. The number of fused-ring (bicyclic) bond motifs is 1. The minimum atomic E-state index is -0.570. The van der Waals surface area contributed by atoms with Crippen molar-refractivity contribution in [2.24, 2.45) is 0 Å². The molecular formula is C17H26N2O3. The van der Waals surface area contributed by atoms with E-state index in [9.17, 15) is 9.90 Å². The summed E-state index contributed by atoms with van der Waals surface area (Å²) in [5.74, 6) is 0.500. The van der Waals surface area contributed by atoms with Crippen molar-refractivity contribution in [1.82, 2.24) is 4.90 Å². The van der Waals surface area contributed by atoms with Gasteiger partial charge in [0, 0.05) is 6.54 Å². The maximum atomic E-state index is 11.7. The molecule has 1 heterocycles. The summed E-state index contributed by atoms with van der Waals surface area (Å²) in [6.07, 6.45) is 1.09. The van der Waals surface area contributed by atoms with E-state index in [4.69, 9.17) is 4.74 Å². The van der Waals surface area contributed by atoms with Gasteiger partial charge in [-0.1, -0.05) is 19.9 Å². The summed E-state index contributed by atoms with van der Waals surface area (Å²) in [6, 6.07) is 5.48. The van der Waals surface area contributed by atoms with E-state index < -0.39 is 12.2 Å². The van der Waals surface area contributed by atoms with E-state index in [0.717, 1.165) is 31.5 Å². The van der Waals surface area contributed by atoms with Gasteiger partial charge in [0.15, 0.2) is 6.10 Å². The molecule has 0 spiro atoms. The Morgan fingerprint density at radius 3 is 2.64 bits per heavy atom. The lowest BCUT2D eigenvalue weighted by Gasteiger charge is -2.26. The molecule has 122 valence electrons. The van der Waals surface area contributed by atoms with Crippen LogP contribution in [0.15, 0.2) is 18.2 Å². The third kappa shape index (κ3) is 3.99. The number of amides is 1. The predicted molar refractivity (Wildman–Crippen MR) is 87.1 cm³/mol. The van der Waals surface area contributed by atoms with Crippen molar-refractivity contribution in [1.29, 1.82) is 0 Å². The Balaban J connectivity index is 2.09. The maximum Gasteiger partial charge on any atom is 0.265 e. The van der Waals surface area contributed by atoms with Crippen LogP contribution in [-0.2, 0) is 4.79 Å². The second kappa shape index (κ2) is 7.61. The van der Waals surface area contributed by atoms with Gasteiger partial charge in [-0.2, -0.15) is 0 Å². The standard InChI is InChI=1S/C17H26N2O3/c1-4-8-19(9-5-2)11-15(20)13-6-7-16-14(10-13)18-17(21)12(3)22-16/h6-7,10,12,15,20H,4-5,8-9,11H2,1-3H3,(H,18,21). The second-order valence-corrected chi connectivity index (χ2v) is 5.82. The predicted octanol–water partition coefficient (Wildman–Crippen LogP) is 2.56. The molecule has 0 radical (unpaired) electrons. The topological polar surface area (TPSA) is 61.8 Å². The minimum absolute atomic E-state index is 0.155. The highest BCUT2D eigenvalue weighted by molar-refractivity contribution is 5.97. The van der Waals surface area contributed by atoms with E-state index in [0.29, 0.717) is 18.0 Å². The summed E-state index contributed by atoms with van der Waals surface area (Å²) < 4.78 is 5.53. The molecule has 2 atom stereocenters. The first kappa shape index (κ1) is 16.8. The second-order valence-electron chi connectivity index (χ2n) is 5.82. The van der Waals surface area contributed by atoms with Crippen molar-refractivity contribution < 1.29 is 14.6 Å². The zero-order chi connectivity index (χ0) is 16.1. The Hall–Kier alpha value is -1.59. The first-order valence-corrected chi connectivity index (χ1v) is 8.07. The van der Waals surface area contributed by atoms with Gasteiger partial charge in [0.05, 0.1) is 11.8 Å². The van der Waals surface area contributed by atoms with E-state index >= 15 is 0 Å². The van der Waals surface area contributed by atoms with Gasteiger partial charge in [0.2, 0.25) is 0 Å². The van der Waals surface area contributed by atoms with Crippen molar-refractivity contribution in [3.8, 4) is 5.75 Å². The van der Waals surface area contributed by atoms with Crippen LogP contribution in [0.3, 0.4) is 0 Å². The molecule has 0 saturated carbocycles. The van der Waals surface area contributed by atoms with E-state index in [1.54, 1.807) is 13.0 Å². The lowest BCUT2D eigenvalue weighted by atomic mass is 10.1. The molecule has 1 aromatic carbocycles. The molecule has 22 heavy (non-hydrogen) atoms. The summed E-state index contributed by atoms with van der Waals surface area (Å²) >= 11 is 0. The Kier molecular flexibility index (Phi) is 5.80. The van der Waals surface area contributed by atoms with Crippen LogP contribution >= 0.6 is 0 Å². The lowest BCUT2D eigenvalue weighted by Crippen LogP contribution is -2.34. The number of benzene rings is 1. The molecule has 1 aromatic rings. The quantitative estimate of drug-likeness (QED) is 0.813. The maximum absolute atomic E-state index is 11.7. The number of carbonyl (C=O) groups is 1. The Morgan fingerprint density at radius 1 is 1.32 bits per heavy atom. The van der Waals surface area contributed by atoms with Crippen molar-refractivity contribution in [2.45, 2.75) is 45.8 Å². The van der Waals surface area contributed by atoms with Gasteiger partial charge >= 0.3 is 0 Å². The molecular weight excluding hydrogens is 280 g/mol. The number of anilines is 1. The van der Waals surface area contributed by atoms with Crippen LogP contribution in [0.2, 0.25) is 0 Å². The summed E-state index contributed by atoms with van der Waals surface area (Å²) in [4.78, 5) is 13.9. The first-order valence-electron chi connectivity index (χ1n) is 8.07. The van der Waals surface area contributed by atoms with Gasteiger partial charge in [-0.15, -0.1) is 0 Å². The van der Waals surface area contributed by atoms with Crippen LogP contribution in [0.5, 0.6) is 5.75 Å². The lowest BCUT2D eigenvalue weighted by molar-refractivity contribution is -0.122. The van der Waals surface area contributed by atoms with Gasteiger partial charge in [-0.3, -0.25) is 4.79 Å². The number of aliphatic hydroxyl groups excluding tert-OH is 1. The molecule has 0 aromatic heterocycles. The molecule has 1 aliphatic rings. The van der Waals surface area contributed by atoms with E-state index in [1.807, 2.05) is 12.1 Å². The molecule has 0 aliphatic carbocycles. The summed E-state index contributed by atoms with van der Waals surface area (Å²) in [7, 11) is 0. The molecule has 0 saturated heterocycles. The number of nitrogens with zero attached hydrogens (tertiary/aromatic N) is 1. The number of hydrogen-bond donors (Lipinski definition) is 2. The molecule has 5 nitrogen and oxygen atoms in total. The number of ether oxygens (including phenoxy) is 1. The zero-order valence-corrected chi connectivity index (χ0v) is 13.6. The van der Waals surface area contributed by atoms with Crippen LogP contribution in [0.4, 0.5) is 5.69 Å². The van der Waals surface area contributed by atoms with Crippen molar-refractivity contribution in [3.05, 3.63) is 23.8 Å². The number of carbonyl (C=O) groups excluding carboxylic acids is 1. The molecule has 1 amide bonds. The van der Waals surface area contributed by atoms with Gasteiger partial charge in [-0.25, -0.2) is 0 Å². The highest BCUT2D eigenvalue weighted by Gasteiger charge is 2.24. The SMILES string of the molecule is CCCN(CCC)CC(O)c1ccc2c(c1)NC(=O)C(C)O2. The molecule has 5 heteroatoms. The van der Waals surface area contributed by atoms with Crippen LogP contribution in [-0.4, -0.2) is 41.7 Å². The Bertz CT molecular complexity index is 513. The molecule has 2 N–H and O–H groups in total. The molecule has 0 bridgehead atoms. The van der Waals surface area contributed by atoms with Crippen molar-refractivity contribution in [2.75, 3.05) is 25.0 Å². The molecule has 0 fully saturated rings. The van der Waals surface area contributed by atoms with E-state index in [1.165, 1.54) is 0 Å². The minimum Gasteiger partial charge on any atom is -0.479 e. The number of hydrogen-bond acceptors (Lipinski definition) is 4. The Morgan fingerprint density at radius 2 is 2.00 bits per heavy atom. The third-order valence-corrected chi connectivity index (χ3v) is 3.83. The highest BCUT2D eigenvalue weighted by Crippen LogP contribution is 2.32. The third-order valence-electron chi connectivity index (χ3n) is 3.83. The van der Waals surface area contributed by atoms with Crippen LogP contribution in [0, 0.1) is 0 Å². The molecule has 1 aliphatic heterocycles. The van der Waals surface area contributed by atoms with Gasteiger partial charge < -0.3 is 20.1 Å². The van der Waals surface area contributed by atoms with Gasteiger partial charge in [0.25, 0.3) is 5.91 Å². The van der Waals surface area contributed by atoms with Crippen molar-refractivity contribution in [3.63, 3.8) is 0 Å². The highest BCUT2D eigenvalue weighted by atomic mass is 16.5. The fourth-order valence-corrected chi connectivity index (χ4v) is 2.71. The number of nitrogens with one attached hydrogen (secondary N) is 1. The Labute approximate surface area is 132 Å². The van der Waals surface area contributed by atoms with Crippen LogP contribution < -0.4 is 10.1 Å². The zero-order valence-electron chi connectivity index (χ0n) is 13.6. The largest absolute Gasteiger partial charge is 0.479 e. The molecule has 2 unspecified atom stereocenters. The van der Waals surface area contributed by atoms with Crippen LogP contribution in [0.1, 0.15) is 45.3 Å². The van der Waals surface area contributed by atoms with E-state index in [2.05, 4.69) is 24.1 Å². The fourth-order valence-electron chi connectivity index (χ4n) is 2.71. The number of rotatable bonds is 7. The average Bonchev–Trinajstić information content (AvgIpc) is 2.48. The summed E-state index contributed by atoms with van der Waals surface area (Å²) in [5.41, 5.74) is 1.44. The molecule has 2 rings (SSSR count). The summed E-state index contributed by atoms with van der Waals surface area (Å²) in [6.45, 7) is 8.56. The van der Waals surface area contributed by atoms with Gasteiger partial charge in [-0.05, 0) is 50.6 Å².